The fourth-order valence-electron chi connectivity index (χ4n) is 6.70. The van der Waals surface area contributed by atoms with Crippen molar-refractivity contribution >= 4 is 43.7 Å². The molecule has 0 N–H and O–H groups in total. The van der Waals surface area contributed by atoms with Crippen LogP contribution in [0.4, 0.5) is 0 Å². The lowest BCUT2D eigenvalue weighted by Crippen LogP contribution is -2.16. The number of nitrogens with zero attached hydrogens (tertiary/aromatic N) is 1. The predicted octanol–water partition coefficient (Wildman–Crippen LogP) is 12.2. The summed E-state index contributed by atoms with van der Waals surface area (Å²) in [6, 6.07) is 35.9. The maximum atomic E-state index is 6.87. The van der Waals surface area contributed by atoms with Crippen LogP contribution in [0.5, 0.6) is 0 Å². The highest BCUT2D eigenvalue weighted by molar-refractivity contribution is 6.10. The van der Waals surface area contributed by atoms with Crippen molar-refractivity contribution in [2.24, 2.45) is 0 Å². The normalized spacial score (nSPS) is 13.1. The van der Waals surface area contributed by atoms with Gasteiger partial charge >= 0.3 is 0 Å². The highest BCUT2D eigenvalue weighted by Crippen LogP contribution is 2.44. The SMILES string of the molecule is CC(C)(C)c1cc(C(C)(C)C)c2oc3c(C(C)(C)C)cc(-c4ccc(-n5c6ccccc6c6ccccc65)cc4)cc3c2c1. The molecule has 0 radical (unpaired) electrons. The Hall–Kier alpha value is -4.30. The monoisotopic (exact) mass is 577 g/mol. The highest BCUT2D eigenvalue weighted by Gasteiger charge is 2.28. The Morgan fingerprint density at radius 1 is 0.455 bits per heavy atom. The topological polar surface area (TPSA) is 18.1 Å². The quantitative estimate of drug-likeness (QED) is 0.200. The minimum atomic E-state index is -0.0835. The molecule has 2 nitrogen and oxygen atoms in total. The van der Waals surface area contributed by atoms with Crippen LogP contribution < -0.4 is 0 Å². The van der Waals surface area contributed by atoms with Crippen LogP contribution >= 0.6 is 0 Å². The molecule has 222 valence electrons. The Kier molecular flexibility index (Phi) is 6.21. The Morgan fingerprint density at radius 2 is 0.955 bits per heavy atom. The lowest BCUT2D eigenvalue weighted by Gasteiger charge is -2.25. The fourth-order valence-corrected chi connectivity index (χ4v) is 6.70. The first-order valence-electron chi connectivity index (χ1n) is 15.9. The number of hydrogen-bond acceptors (Lipinski definition) is 1. The van der Waals surface area contributed by atoms with Crippen molar-refractivity contribution in [3.8, 4) is 16.8 Å². The van der Waals surface area contributed by atoms with E-state index in [1.54, 1.807) is 0 Å². The maximum absolute atomic E-state index is 6.87. The molecule has 2 aromatic heterocycles. The number of benzene rings is 5. The van der Waals surface area contributed by atoms with E-state index in [-0.39, 0.29) is 16.2 Å². The minimum absolute atomic E-state index is 0.0326. The molecule has 44 heavy (non-hydrogen) atoms. The third-order valence-corrected chi connectivity index (χ3v) is 9.19. The summed E-state index contributed by atoms with van der Waals surface area (Å²) in [4.78, 5) is 0. The first-order chi connectivity index (χ1) is 20.7. The van der Waals surface area contributed by atoms with E-state index in [1.807, 2.05) is 0 Å². The van der Waals surface area contributed by atoms with E-state index >= 15 is 0 Å². The molecule has 0 bridgehead atoms. The molecule has 2 heterocycles. The molecule has 0 atom stereocenters. The van der Waals surface area contributed by atoms with Gasteiger partial charge in [-0.3, -0.25) is 0 Å². The molecule has 0 saturated carbocycles. The second kappa shape index (κ2) is 9.60. The van der Waals surface area contributed by atoms with Gasteiger partial charge in [0.1, 0.15) is 11.2 Å². The Morgan fingerprint density at radius 3 is 1.48 bits per heavy atom. The van der Waals surface area contributed by atoms with Gasteiger partial charge in [0.15, 0.2) is 0 Å². The van der Waals surface area contributed by atoms with E-state index in [1.165, 1.54) is 66.1 Å². The number of para-hydroxylation sites is 2. The molecule has 0 unspecified atom stereocenters. The third-order valence-electron chi connectivity index (χ3n) is 9.19. The average Bonchev–Trinajstić information content (AvgIpc) is 3.50. The van der Waals surface area contributed by atoms with Crippen LogP contribution in [0.1, 0.15) is 79.0 Å². The summed E-state index contributed by atoms with van der Waals surface area (Å²) in [6.45, 7) is 20.6. The van der Waals surface area contributed by atoms with Gasteiger partial charge in [-0.2, -0.15) is 0 Å². The number of fused-ring (bicyclic) bond motifs is 6. The molecule has 0 fully saturated rings. The predicted molar refractivity (Wildman–Crippen MR) is 190 cm³/mol. The Bertz CT molecular complexity index is 2150. The molecular formula is C42H43NO. The lowest BCUT2D eigenvalue weighted by atomic mass is 9.79. The van der Waals surface area contributed by atoms with Crippen LogP contribution in [0, 0.1) is 0 Å². The number of rotatable bonds is 2. The van der Waals surface area contributed by atoms with Gasteiger partial charge in [-0.15, -0.1) is 0 Å². The number of aromatic nitrogens is 1. The number of hydrogen-bond donors (Lipinski definition) is 0. The van der Waals surface area contributed by atoms with Gasteiger partial charge in [-0.25, -0.2) is 0 Å². The summed E-state index contributed by atoms with van der Waals surface area (Å²) in [5.74, 6) is 0. The molecule has 0 aliphatic carbocycles. The maximum Gasteiger partial charge on any atom is 0.139 e. The van der Waals surface area contributed by atoms with E-state index in [2.05, 4.69) is 164 Å². The van der Waals surface area contributed by atoms with Crippen molar-refractivity contribution in [3.05, 3.63) is 114 Å². The van der Waals surface area contributed by atoms with Crippen molar-refractivity contribution in [2.75, 3.05) is 0 Å². The zero-order valence-corrected chi connectivity index (χ0v) is 27.6. The highest BCUT2D eigenvalue weighted by atomic mass is 16.3. The summed E-state index contributed by atoms with van der Waals surface area (Å²) >= 11 is 0. The van der Waals surface area contributed by atoms with Gasteiger partial charge in [0.2, 0.25) is 0 Å². The van der Waals surface area contributed by atoms with Crippen LogP contribution in [0.25, 0.3) is 60.6 Å². The van der Waals surface area contributed by atoms with E-state index in [0.717, 1.165) is 11.2 Å². The molecule has 0 amide bonds. The lowest BCUT2D eigenvalue weighted by molar-refractivity contribution is 0.550. The fraction of sp³-hybridized carbons (Fsp3) is 0.286. The molecule has 0 aliphatic rings. The molecule has 7 rings (SSSR count). The first kappa shape index (κ1) is 28.5. The Balaban J connectivity index is 1.45. The van der Waals surface area contributed by atoms with E-state index in [0.29, 0.717) is 0 Å². The standard InChI is InChI=1S/C42H43NO/c1-40(2,3)28-24-33-32-22-27(23-34(41(4,5)6)38(32)44-39(33)35(25-28)42(7,8)9)26-18-20-29(21-19-26)43-36-16-12-10-14-30(36)31-15-11-13-17-37(31)43/h10-25H,1-9H3. The first-order valence-corrected chi connectivity index (χ1v) is 15.9. The van der Waals surface area contributed by atoms with Crippen LogP contribution in [0.3, 0.4) is 0 Å². The van der Waals surface area contributed by atoms with Crippen molar-refractivity contribution in [1.82, 2.24) is 4.57 Å². The summed E-state index contributed by atoms with van der Waals surface area (Å²) in [5.41, 5.74) is 11.8. The molecule has 0 aliphatic heterocycles. The van der Waals surface area contributed by atoms with Gasteiger partial charge in [-0.05, 0) is 75.4 Å². The summed E-state index contributed by atoms with van der Waals surface area (Å²) in [7, 11) is 0. The summed E-state index contributed by atoms with van der Waals surface area (Å²) < 4.78 is 9.25. The van der Waals surface area contributed by atoms with Gasteiger partial charge in [0.25, 0.3) is 0 Å². The smallest absolute Gasteiger partial charge is 0.139 e. The van der Waals surface area contributed by atoms with E-state index < -0.39 is 0 Å². The van der Waals surface area contributed by atoms with Crippen LogP contribution in [0.15, 0.2) is 101 Å². The second-order valence-corrected chi connectivity index (χ2v) is 15.6. The third kappa shape index (κ3) is 4.54. The van der Waals surface area contributed by atoms with E-state index in [4.69, 9.17) is 4.42 Å². The van der Waals surface area contributed by atoms with Crippen LogP contribution in [-0.2, 0) is 16.2 Å². The average molecular weight is 578 g/mol. The Labute approximate surface area is 261 Å². The molecule has 5 aromatic carbocycles. The van der Waals surface area contributed by atoms with E-state index in [9.17, 15) is 0 Å². The number of furan rings is 1. The zero-order valence-electron chi connectivity index (χ0n) is 27.6. The molecule has 7 aromatic rings. The largest absolute Gasteiger partial charge is 0.455 e. The minimum Gasteiger partial charge on any atom is -0.455 e. The summed E-state index contributed by atoms with van der Waals surface area (Å²) in [6.07, 6.45) is 0. The zero-order chi connectivity index (χ0) is 31.2. The van der Waals surface area contributed by atoms with Crippen molar-refractivity contribution in [1.29, 1.82) is 0 Å². The summed E-state index contributed by atoms with van der Waals surface area (Å²) in [5, 5.41) is 4.98. The van der Waals surface area contributed by atoms with Gasteiger partial charge in [0.05, 0.1) is 11.0 Å². The van der Waals surface area contributed by atoms with Crippen molar-refractivity contribution < 1.29 is 4.42 Å². The molecule has 0 spiro atoms. The second-order valence-electron chi connectivity index (χ2n) is 15.6. The molecule has 2 heteroatoms. The molecule has 0 saturated heterocycles. The molecular weight excluding hydrogens is 534 g/mol. The van der Waals surface area contributed by atoms with Crippen LogP contribution in [-0.4, -0.2) is 4.57 Å². The van der Waals surface area contributed by atoms with Gasteiger partial charge < -0.3 is 8.98 Å². The van der Waals surface area contributed by atoms with Gasteiger partial charge in [-0.1, -0.05) is 117 Å². The van der Waals surface area contributed by atoms with Crippen LogP contribution in [0.2, 0.25) is 0 Å². The van der Waals surface area contributed by atoms with Gasteiger partial charge in [0, 0.05) is 38.4 Å². The van der Waals surface area contributed by atoms with Crippen molar-refractivity contribution in [3.63, 3.8) is 0 Å². The van der Waals surface area contributed by atoms with Crippen molar-refractivity contribution in [2.45, 2.75) is 78.6 Å².